The molecule has 3 unspecified atom stereocenters. The number of halogens is 2. The van der Waals surface area contributed by atoms with Gasteiger partial charge in [-0.05, 0) is 99.7 Å². The van der Waals surface area contributed by atoms with Gasteiger partial charge in [0.15, 0.2) is 0 Å². The van der Waals surface area contributed by atoms with E-state index in [0.29, 0.717) is 24.7 Å². The molecule has 3 rings (SSSR count). The molecule has 0 radical (unpaired) electrons. The summed E-state index contributed by atoms with van der Waals surface area (Å²) in [5.41, 5.74) is -1.07. The first kappa shape index (κ1) is 29.9. The number of aliphatic carboxylic acids is 1. The van der Waals surface area contributed by atoms with E-state index in [1.165, 1.54) is 64.2 Å². The van der Waals surface area contributed by atoms with Gasteiger partial charge in [-0.1, -0.05) is 78.6 Å². The Bertz CT molecular complexity index is 628. The van der Waals surface area contributed by atoms with Gasteiger partial charge in [0, 0.05) is 0 Å². The third-order valence-corrected chi connectivity index (χ3v) is 10.9. The van der Waals surface area contributed by atoms with Gasteiger partial charge in [0.25, 0.3) is 0 Å². The van der Waals surface area contributed by atoms with Crippen LogP contribution in [0.3, 0.4) is 0 Å². The minimum absolute atomic E-state index is 0.154. The van der Waals surface area contributed by atoms with Crippen molar-refractivity contribution >= 4 is 5.97 Å². The number of carboxylic acids is 1. The molecule has 3 aliphatic rings. The summed E-state index contributed by atoms with van der Waals surface area (Å²) in [7, 11) is 0. The van der Waals surface area contributed by atoms with Gasteiger partial charge in [-0.15, -0.1) is 0 Å². The first-order valence-electron chi connectivity index (χ1n) is 15.8. The van der Waals surface area contributed by atoms with Gasteiger partial charge < -0.3 is 5.11 Å². The van der Waals surface area contributed by atoms with Gasteiger partial charge >= 0.3 is 5.97 Å². The molecule has 1 N–H and O–H groups in total. The smallest absolute Gasteiger partial charge is 0.309 e. The quantitative estimate of drug-likeness (QED) is 0.268. The Hall–Kier alpha value is -0.670. The van der Waals surface area contributed by atoms with E-state index in [1.54, 1.807) is 0 Å². The third kappa shape index (κ3) is 8.16. The maximum atomic E-state index is 15.2. The molecule has 0 aromatic rings. The number of carboxylic acid groups (broad SMARTS) is 1. The van der Waals surface area contributed by atoms with Gasteiger partial charge in [-0.3, -0.25) is 4.79 Å². The predicted octanol–water partition coefficient (Wildman–Crippen LogP) is 9.94. The van der Waals surface area contributed by atoms with Gasteiger partial charge in [0.05, 0.1) is 5.41 Å². The molecule has 0 spiro atoms. The van der Waals surface area contributed by atoms with Crippen LogP contribution in [0.4, 0.5) is 8.78 Å². The van der Waals surface area contributed by atoms with Crippen molar-refractivity contribution in [1.29, 1.82) is 0 Å². The number of alkyl halides is 2. The summed E-state index contributed by atoms with van der Waals surface area (Å²) in [5, 5.41) is 9.91. The van der Waals surface area contributed by atoms with E-state index >= 15 is 8.78 Å². The molecule has 3 atom stereocenters. The van der Waals surface area contributed by atoms with E-state index in [9.17, 15) is 9.90 Å². The lowest BCUT2D eigenvalue weighted by atomic mass is 9.66. The maximum Gasteiger partial charge on any atom is 0.309 e. The predicted molar refractivity (Wildman–Crippen MR) is 146 cm³/mol. The Morgan fingerprint density at radius 3 is 1.67 bits per heavy atom. The van der Waals surface area contributed by atoms with Crippen LogP contribution < -0.4 is 0 Å². The second-order valence-corrected chi connectivity index (χ2v) is 13.4. The molecule has 36 heavy (non-hydrogen) atoms. The Kier molecular flexibility index (Phi) is 12.0. The van der Waals surface area contributed by atoms with Crippen LogP contribution in [0, 0.1) is 40.9 Å². The normalized spacial score (nSPS) is 36.2. The van der Waals surface area contributed by atoms with Crippen LogP contribution in [0.5, 0.6) is 0 Å². The minimum Gasteiger partial charge on any atom is -0.481 e. The molecule has 0 aromatic carbocycles. The number of rotatable bonds is 13. The number of hydrogen-bond donors (Lipinski definition) is 1. The zero-order valence-corrected chi connectivity index (χ0v) is 23.7. The first-order valence-corrected chi connectivity index (χ1v) is 15.8. The lowest BCUT2D eigenvalue weighted by molar-refractivity contribution is -0.154. The molecule has 0 saturated heterocycles. The van der Waals surface area contributed by atoms with E-state index in [4.69, 9.17) is 0 Å². The average Bonchev–Trinajstić information content (AvgIpc) is 2.89. The highest BCUT2D eigenvalue weighted by molar-refractivity contribution is 5.74. The number of carbonyl (C=O) groups is 1. The Morgan fingerprint density at radius 2 is 1.22 bits per heavy atom. The topological polar surface area (TPSA) is 37.3 Å². The van der Waals surface area contributed by atoms with E-state index in [-0.39, 0.29) is 12.3 Å². The van der Waals surface area contributed by atoms with Crippen molar-refractivity contribution in [3.05, 3.63) is 0 Å². The summed E-state index contributed by atoms with van der Waals surface area (Å²) in [6.45, 7) is 6.29. The van der Waals surface area contributed by atoms with Crippen LogP contribution in [-0.2, 0) is 4.79 Å². The average molecular weight is 511 g/mol. The summed E-state index contributed by atoms with van der Waals surface area (Å²) in [5.74, 6) is 2.74. The monoisotopic (exact) mass is 510 g/mol. The van der Waals surface area contributed by atoms with Crippen molar-refractivity contribution in [1.82, 2.24) is 0 Å². The van der Waals surface area contributed by atoms with Crippen LogP contribution in [0.1, 0.15) is 143 Å². The standard InChI is InChI=1S/C32H56F2O2/c1-4-6-24-10-14-27(15-11-24)28-16-12-26(13-17-28)9-8-23(3)30(34)29(33)22-32(31(35)36)20-18-25(7-5-2)19-21-32/h23-30H,4-22H2,1-3H3,(H,35,36). The summed E-state index contributed by atoms with van der Waals surface area (Å²) in [4.78, 5) is 12.1. The largest absolute Gasteiger partial charge is 0.481 e. The molecule has 0 bridgehead atoms. The van der Waals surface area contributed by atoms with E-state index < -0.39 is 23.7 Å². The summed E-state index contributed by atoms with van der Waals surface area (Å²) in [6, 6.07) is 0. The molecule has 4 heteroatoms. The van der Waals surface area contributed by atoms with Crippen molar-refractivity contribution in [2.75, 3.05) is 0 Å². The summed E-state index contributed by atoms with van der Waals surface area (Å²) < 4.78 is 30.3. The fourth-order valence-electron chi connectivity index (χ4n) is 8.24. The second-order valence-electron chi connectivity index (χ2n) is 13.4. The maximum absolute atomic E-state index is 15.2. The SMILES string of the molecule is CCCC1CCC(C2CCC(CCC(C)C(F)C(F)CC3(C(=O)O)CCC(CCC)CC3)CC2)CC1. The number of hydrogen-bond acceptors (Lipinski definition) is 1. The van der Waals surface area contributed by atoms with Crippen LogP contribution in [0.2, 0.25) is 0 Å². The highest BCUT2D eigenvalue weighted by Crippen LogP contribution is 2.46. The van der Waals surface area contributed by atoms with Gasteiger partial charge in [-0.25, -0.2) is 8.78 Å². The third-order valence-electron chi connectivity index (χ3n) is 10.9. The Labute approximate surface area is 220 Å². The lowest BCUT2D eigenvalue weighted by Gasteiger charge is -2.39. The van der Waals surface area contributed by atoms with E-state index in [2.05, 4.69) is 13.8 Å². The van der Waals surface area contributed by atoms with E-state index in [0.717, 1.165) is 56.3 Å². The zero-order chi connectivity index (χ0) is 26.1. The minimum atomic E-state index is -1.67. The van der Waals surface area contributed by atoms with Crippen LogP contribution in [0.25, 0.3) is 0 Å². The van der Waals surface area contributed by atoms with Crippen molar-refractivity contribution in [2.45, 2.75) is 155 Å². The molecule has 0 aromatic heterocycles. The summed E-state index contributed by atoms with van der Waals surface area (Å²) >= 11 is 0. The molecule has 0 aliphatic heterocycles. The molecule has 0 heterocycles. The Balaban J connectivity index is 1.38. The van der Waals surface area contributed by atoms with Gasteiger partial charge in [0.2, 0.25) is 0 Å². The second kappa shape index (κ2) is 14.5. The molecule has 210 valence electrons. The fraction of sp³-hybridized carbons (Fsp3) is 0.969. The first-order chi connectivity index (χ1) is 17.3. The zero-order valence-electron chi connectivity index (χ0n) is 23.7. The van der Waals surface area contributed by atoms with Crippen molar-refractivity contribution in [3.8, 4) is 0 Å². The lowest BCUT2D eigenvalue weighted by Crippen LogP contribution is -2.40. The van der Waals surface area contributed by atoms with Gasteiger partial charge in [0.1, 0.15) is 12.3 Å². The summed E-state index contributed by atoms with van der Waals surface area (Å²) in [6.07, 6.45) is 16.8. The van der Waals surface area contributed by atoms with Crippen LogP contribution in [0.15, 0.2) is 0 Å². The highest BCUT2D eigenvalue weighted by Gasteiger charge is 2.45. The van der Waals surface area contributed by atoms with Crippen molar-refractivity contribution in [2.24, 2.45) is 40.9 Å². The molecule has 2 nitrogen and oxygen atoms in total. The molecule has 3 aliphatic carbocycles. The van der Waals surface area contributed by atoms with Crippen molar-refractivity contribution in [3.63, 3.8) is 0 Å². The molecular weight excluding hydrogens is 454 g/mol. The fourth-order valence-corrected chi connectivity index (χ4v) is 8.24. The van der Waals surface area contributed by atoms with Crippen LogP contribution in [-0.4, -0.2) is 23.4 Å². The molecule has 3 saturated carbocycles. The molecule has 3 fully saturated rings. The Morgan fingerprint density at radius 1 is 0.778 bits per heavy atom. The van der Waals surface area contributed by atoms with Crippen LogP contribution >= 0.6 is 0 Å². The van der Waals surface area contributed by atoms with E-state index in [1.807, 2.05) is 6.92 Å². The van der Waals surface area contributed by atoms with Gasteiger partial charge in [-0.2, -0.15) is 0 Å². The highest BCUT2D eigenvalue weighted by atomic mass is 19.2. The molecular formula is C32H56F2O2. The molecule has 0 amide bonds. The van der Waals surface area contributed by atoms with Crippen molar-refractivity contribution < 1.29 is 18.7 Å².